The summed E-state index contributed by atoms with van der Waals surface area (Å²) >= 11 is 3.35. The number of hydrogen-bond acceptors (Lipinski definition) is 3. The van der Waals surface area contributed by atoms with Crippen molar-refractivity contribution in [3.05, 3.63) is 22.4 Å². The quantitative estimate of drug-likeness (QED) is 0.806. The van der Waals surface area contributed by atoms with Gasteiger partial charge in [0.1, 0.15) is 0 Å². The minimum atomic E-state index is 0.576. The molecule has 0 atom stereocenters. The van der Waals surface area contributed by atoms with Gasteiger partial charge in [0.05, 0.1) is 4.47 Å². The average Bonchev–Trinajstić information content (AvgIpc) is 2.23. The number of nitrogens with two attached hydrogens (primary N) is 1. The summed E-state index contributed by atoms with van der Waals surface area (Å²) in [4.78, 5) is 4.41. The van der Waals surface area contributed by atoms with Crippen molar-refractivity contribution in [3.63, 3.8) is 0 Å². The Hall–Kier alpha value is -0.610. The smallest absolute Gasteiger partial charge is 0.0588 e. The molecule has 0 aromatic carbocycles. The van der Waals surface area contributed by atoms with Crippen LogP contribution in [0.5, 0.6) is 0 Å². The number of piperidine rings is 1. The van der Waals surface area contributed by atoms with Crippen molar-refractivity contribution in [2.24, 2.45) is 0 Å². The van der Waals surface area contributed by atoms with Crippen LogP contribution in [0, 0.1) is 0 Å². The van der Waals surface area contributed by atoms with Gasteiger partial charge in [-0.3, -0.25) is 4.98 Å². The van der Waals surface area contributed by atoms with Crippen LogP contribution in [0.15, 0.2) is 16.7 Å². The third-order valence-electron chi connectivity index (χ3n) is 2.66. The lowest BCUT2D eigenvalue weighted by Crippen LogP contribution is -2.27. The Bertz CT molecular complexity index is 321. The van der Waals surface area contributed by atoms with Crippen LogP contribution < -0.4 is 11.1 Å². The number of halogens is 1. The molecule has 2 heterocycles. The van der Waals surface area contributed by atoms with Gasteiger partial charge in [-0.05, 0) is 47.9 Å². The molecule has 0 saturated carbocycles. The Morgan fingerprint density at radius 1 is 1.43 bits per heavy atom. The van der Waals surface area contributed by atoms with Crippen LogP contribution in [-0.4, -0.2) is 18.1 Å². The number of nitrogens with one attached hydrogen (secondary N) is 1. The van der Waals surface area contributed by atoms with Crippen molar-refractivity contribution in [1.82, 2.24) is 10.3 Å². The second kappa shape index (κ2) is 4.28. The summed E-state index contributed by atoms with van der Waals surface area (Å²) in [5.74, 6) is 0.576. The zero-order valence-electron chi connectivity index (χ0n) is 7.96. The SMILES string of the molecule is Nc1cc(C2CCNCC2)ncc1Br. The molecule has 1 fully saturated rings. The van der Waals surface area contributed by atoms with Crippen LogP contribution in [0.25, 0.3) is 0 Å². The average molecular weight is 256 g/mol. The van der Waals surface area contributed by atoms with Gasteiger partial charge >= 0.3 is 0 Å². The molecule has 1 aliphatic heterocycles. The highest BCUT2D eigenvalue weighted by atomic mass is 79.9. The molecule has 76 valence electrons. The topological polar surface area (TPSA) is 50.9 Å². The van der Waals surface area contributed by atoms with Crippen LogP contribution in [0.2, 0.25) is 0 Å². The molecule has 4 heteroatoms. The van der Waals surface area contributed by atoms with Crippen LogP contribution in [0.1, 0.15) is 24.5 Å². The van der Waals surface area contributed by atoms with Crippen molar-refractivity contribution in [1.29, 1.82) is 0 Å². The molecule has 0 radical (unpaired) electrons. The predicted octanol–water partition coefficient (Wildman–Crippen LogP) is 1.89. The van der Waals surface area contributed by atoms with Crippen molar-refractivity contribution >= 4 is 21.6 Å². The fourth-order valence-electron chi connectivity index (χ4n) is 1.81. The molecule has 0 bridgehead atoms. The Morgan fingerprint density at radius 2 is 2.14 bits per heavy atom. The molecule has 14 heavy (non-hydrogen) atoms. The summed E-state index contributed by atoms with van der Waals surface area (Å²) in [7, 11) is 0. The Morgan fingerprint density at radius 3 is 2.79 bits per heavy atom. The molecule has 1 aliphatic rings. The lowest BCUT2D eigenvalue weighted by atomic mass is 9.94. The summed E-state index contributed by atoms with van der Waals surface area (Å²) in [5.41, 5.74) is 7.74. The Balaban J connectivity index is 2.18. The third-order valence-corrected chi connectivity index (χ3v) is 3.33. The van der Waals surface area contributed by atoms with Crippen LogP contribution in [0.3, 0.4) is 0 Å². The highest BCUT2D eigenvalue weighted by molar-refractivity contribution is 9.10. The largest absolute Gasteiger partial charge is 0.398 e. The number of rotatable bonds is 1. The summed E-state index contributed by atoms with van der Waals surface area (Å²) in [5, 5.41) is 3.34. The maximum atomic E-state index is 5.82. The number of nitrogen functional groups attached to an aromatic ring is 1. The van der Waals surface area contributed by atoms with E-state index in [1.807, 2.05) is 6.07 Å². The molecule has 0 unspecified atom stereocenters. The molecule has 0 spiro atoms. The van der Waals surface area contributed by atoms with Crippen LogP contribution >= 0.6 is 15.9 Å². The molecule has 0 amide bonds. The molecule has 0 aliphatic carbocycles. The summed E-state index contributed by atoms with van der Waals surface area (Å²) in [6, 6.07) is 1.99. The Kier molecular flexibility index (Phi) is 3.03. The second-order valence-corrected chi connectivity index (χ2v) is 4.51. The Labute approximate surface area is 92.2 Å². The zero-order chi connectivity index (χ0) is 9.97. The van der Waals surface area contributed by atoms with E-state index in [2.05, 4.69) is 26.2 Å². The van der Waals surface area contributed by atoms with Crippen molar-refractivity contribution in [2.75, 3.05) is 18.8 Å². The maximum Gasteiger partial charge on any atom is 0.0588 e. The number of pyridine rings is 1. The summed E-state index contributed by atoms with van der Waals surface area (Å²) < 4.78 is 0.884. The van der Waals surface area contributed by atoms with Crippen molar-refractivity contribution in [3.8, 4) is 0 Å². The van der Waals surface area contributed by atoms with E-state index in [-0.39, 0.29) is 0 Å². The van der Waals surface area contributed by atoms with E-state index in [1.54, 1.807) is 6.20 Å². The molecule has 2 rings (SSSR count). The van der Waals surface area contributed by atoms with Gasteiger partial charge in [0.15, 0.2) is 0 Å². The molecular formula is C10H14BrN3. The first-order valence-electron chi connectivity index (χ1n) is 4.89. The second-order valence-electron chi connectivity index (χ2n) is 3.65. The molecule has 3 N–H and O–H groups in total. The van der Waals surface area contributed by atoms with E-state index in [9.17, 15) is 0 Å². The summed E-state index contributed by atoms with van der Waals surface area (Å²) in [6.45, 7) is 2.17. The van der Waals surface area contributed by atoms with Gasteiger partial charge in [-0.2, -0.15) is 0 Å². The first kappa shape index (κ1) is 9.93. The molecule has 1 aromatic heterocycles. The third kappa shape index (κ3) is 2.07. The predicted molar refractivity (Wildman–Crippen MR) is 61.2 cm³/mol. The first-order valence-corrected chi connectivity index (χ1v) is 5.68. The van der Waals surface area contributed by atoms with Crippen molar-refractivity contribution < 1.29 is 0 Å². The maximum absolute atomic E-state index is 5.82. The van der Waals surface area contributed by atoms with Gasteiger partial charge in [-0.15, -0.1) is 0 Å². The minimum absolute atomic E-state index is 0.576. The normalized spacial score (nSPS) is 18.4. The molecular weight excluding hydrogens is 242 g/mol. The van der Waals surface area contributed by atoms with E-state index < -0.39 is 0 Å². The van der Waals surface area contributed by atoms with Gasteiger partial charge in [-0.1, -0.05) is 0 Å². The lowest BCUT2D eigenvalue weighted by molar-refractivity contribution is 0.453. The van der Waals surface area contributed by atoms with Crippen LogP contribution in [-0.2, 0) is 0 Å². The fraction of sp³-hybridized carbons (Fsp3) is 0.500. The standard InChI is InChI=1S/C10H14BrN3/c11-8-6-14-10(5-9(8)12)7-1-3-13-4-2-7/h5-7,13H,1-4H2,(H2,12,14). The number of nitrogens with zero attached hydrogens (tertiary/aromatic N) is 1. The van der Waals surface area contributed by atoms with E-state index in [0.717, 1.165) is 41.8 Å². The molecule has 3 nitrogen and oxygen atoms in total. The van der Waals surface area contributed by atoms with E-state index >= 15 is 0 Å². The lowest BCUT2D eigenvalue weighted by Gasteiger charge is -2.22. The molecule has 1 saturated heterocycles. The fourth-order valence-corrected chi connectivity index (χ4v) is 2.03. The number of aromatic nitrogens is 1. The van der Waals surface area contributed by atoms with Crippen LogP contribution in [0.4, 0.5) is 5.69 Å². The molecule has 1 aromatic rings. The van der Waals surface area contributed by atoms with Gasteiger partial charge < -0.3 is 11.1 Å². The van der Waals surface area contributed by atoms with E-state index in [1.165, 1.54) is 0 Å². The van der Waals surface area contributed by atoms with E-state index in [4.69, 9.17) is 5.73 Å². The van der Waals surface area contributed by atoms with E-state index in [0.29, 0.717) is 5.92 Å². The highest BCUT2D eigenvalue weighted by Crippen LogP contribution is 2.27. The van der Waals surface area contributed by atoms with Gasteiger partial charge in [0, 0.05) is 23.5 Å². The van der Waals surface area contributed by atoms with Crippen molar-refractivity contribution in [2.45, 2.75) is 18.8 Å². The first-order chi connectivity index (χ1) is 6.77. The zero-order valence-corrected chi connectivity index (χ0v) is 9.55. The van der Waals surface area contributed by atoms with Gasteiger partial charge in [0.25, 0.3) is 0 Å². The monoisotopic (exact) mass is 255 g/mol. The van der Waals surface area contributed by atoms with Gasteiger partial charge in [-0.25, -0.2) is 0 Å². The van der Waals surface area contributed by atoms with Gasteiger partial charge in [0.2, 0.25) is 0 Å². The minimum Gasteiger partial charge on any atom is -0.398 e. The number of hydrogen-bond donors (Lipinski definition) is 2. The highest BCUT2D eigenvalue weighted by Gasteiger charge is 2.16. The number of anilines is 1. The summed E-state index contributed by atoms with van der Waals surface area (Å²) in [6.07, 6.45) is 4.12.